The zero-order valence-corrected chi connectivity index (χ0v) is 61.1. The first-order valence-electron chi connectivity index (χ1n) is 27.8. The second-order valence-corrected chi connectivity index (χ2v) is 37.9. The smallest absolute Gasteiger partial charge is 0.535 e. The highest BCUT2D eigenvalue weighted by Gasteiger charge is 2.59. The minimum atomic E-state index is -7.07. The summed E-state index contributed by atoms with van der Waals surface area (Å²) in [6.07, 6.45) is -5.05. The van der Waals surface area contributed by atoms with E-state index in [1.54, 1.807) is 0 Å². The zero-order valence-electron chi connectivity index (χ0n) is 53.1. The second kappa shape index (κ2) is 35.0. The van der Waals surface area contributed by atoms with Gasteiger partial charge in [0.05, 0.1) is 56.3 Å². The van der Waals surface area contributed by atoms with Gasteiger partial charge in [-0.15, -0.1) is 5.25 Å². The van der Waals surface area contributed by atoms with Crippen molar-refractivity contribution in [3.8, 4) is 5.75 Å². The second-order valence-electron chi connectivity index (χ2n) is 21.1. The van der Waals surface area contributed by atoms with Gasteiger partial charge in [-0.3, -0.25) is 61.1 Å². The van der Waals surface area contributed by atoms with Crippen molar-refractivity contribution >= 4 is 69.0 Å². The maximum atomic E-state index is 13.9. The molecule has 6 heterocycles. The number of phosphoric ester groups is 2. The topological polar surface area (TPSA) is 797 Å². The molecule has 52 nitrogen and oxygen atoms in total. The van der Waals surface area contributed by atoms with Crippen molar-refractivity contribution in [2.75, 3.05) is 26.9 Å². The molecule has 0 aliphatic carbocycles. The van der Waals surface area contributed by atoms with Crippen LogP contribution in [0.4, 0.5) is 26.3 Å². The van der Waals surface area contributed by atoms with Gasteiger partial charge < -0.3 is 95.4 Å². The minimum Gasteiger partial charge on any atom is -0.774 e. The van der Waals surface area contributed by atoms with E-state index in [1.165, 1.54) is 39.0 Å². The summed E-state index contributed by atoms with van der Waals surface area (Å²) in [5, 5.41) is 2.03. The van der Waals surface area contributed by atoms with Crippen LogP contribution in [0.2, 0.25) is 0 Å². The Morgan fingerprint density at radius 1 is 0.523 bits per heavy atom. The predicted molar refractivity (Wildman–Crippen MR) is 323 cm³/mol. The maximum Gasteiger partial charge on any atom is 0.535 e. The number of rotatable bonds is 31. The molecule has 598 valence electrons. The van der Waals surface area contributed by atoms with Gasteiger partial charge in [-0.05, 0) is 49.5 Å². The zero-order chi connectivity index (χ0) is 81.5. The van der Waals surface area contributed by atoms with Gasteiger partial charge in [-0.25, -0.2) is 41.0 Å². The van der Waals surface area contributed by atoms with E-state index in [0.29, 0.717) is 12.4 Å². The molecule has 1 aromatic carbocycles. The number of H-pyrrole nitrogens is 3. The van der Waals surface area contributed by atoms with E-state index in [-0.39, 0.29) is 36.0 Å². The summed E-state index contributed by atoms with van der Waals surface area (Å²) < 4.78 is 240. The Labute approximate surface area is 586 Å². The summed E-state index contributed by atoms with van der Waals surface area (Å²) in [5.74, 6) is -0.425. The van der Waals surface area contributed by atoms with Crippen LogP contribution < -0.4 is 72.9 Å². The highest BCUT2D eigenvalue weighted by molar-refractivity contribution is 7.76. The first-order chi connectivity index (χ1) is 48.9. The van der Waals surface area contributed by atoms with Crippen LogP contribution in [0.1, 0.15) is 54.6 Å². The minimum absolute atomic E-state index is 0.0947. The van der Waals surface area contributed by atoms with E-state index < -0.39 is 200 Å². The van der Waals surface area contributed by atoms with E-state index in [9.17, 15) is 126 Å². The summed E-state index contributed by atoms with van der Waals surface area (Å²) in [7, 11) is -58.0. The molecule has 3 aliphatic rings. The molecule has 0 radical (unpaired) electrons. The molecule has 4 aromatic rings. The van der Waals surface area contributed by atoms with Crippen molar-refractivity contribution in [1.82, 2.24) is 33.9 Å². The van der Waals surface area contributed by atoms with Crippen molar-refractivity contribution in [3.63, 3.8) is 0 Å². The normalized spacial score (nSPS) is 25.4. The summed E-state index contributed by atoms with van der Waals surface area (Å²) in [6.45, 7) is 1.03. The molecule has 0 amide bonds. The average molecular weight is 1720 g/mol. The molecule has 3 fully saturated rings. The van der Waals surface area contributed by atoms with Crippen LogP contribution in [0.3, 0.4) is 0 Å². The molecule has 9 unspecified atom stereocenters. The van der Waals surface area contributed by atoms with Crippen LogP contribution in [0.15, 0.2) is 93.0 Å². The number of benzene rings is 1. The van der Waals surface area contributed by atoms with Gasteiger partial charge in [0, 0.05) is 76.4 Å². The third-order valence-electron chi connectivity index (χ3n) is 13.7. The lowest BCUT2D eigenvalue weighted by Gasteiger charge is -2.37. The van der Waals surface area contributed by atoms with Gasteiger partial charge in [-0.1, -0.05) is 33.5 Å². The SMILES string of the molecule is COP(=O)(OC[C@H]1O[C@@H](n2cc(C)c(=O)[nH]c2=O)C[C@H]1N=[N+]=[N-])OP(=O)([O-])C(F)(F)P(=O)([O-])O.Cc1cn([C@H]2C[C@@H](N=[N+]=[N-])[C@@H](COP(=O)(NO)OP(=O)([O-])C(F)(F)P(=O)([O-])O)O2)c(=O)[nH]c1=O.Cc1cn([C@H]2C[C@@H](N=[N+]=[N-])[C@@H](COP(=O)(Oc3ccccc3)OP(=O)([O-])C(F)(F)P(=O)([O-])O)O2)c(=O)[nH]c1=O. The van der Waals surface area contributed by atoms with E-state index in [4.69, 9.17) is 59.7 Å². The molecule has 18 atom stereocenters. The fraction of sp³-hybridized carbons (Fsp3) is 0.550. The van der Waals surface area contributed by atoms with E-state index in [0.717, 1.165) is 44.4 Å². The number of hydrogen-bond donors (Lipinski definition) is 8. The number of alkyl halides is 6. The van der Waals surface area contributed by atoms with Crippen LogP contribution in [-0.4, -0.2) is 128 Å². The van der Waals surface area contributed by atoms with Crippen LogP contribution in [0, 0.1) is 20.8 Å². The molecule has 0 spiro atoms. The Morgan fingerprint density at radius 3 is 1.10 bits per heavy atom. The van der Waals surface area contributed by atoms with Crippen molar-refractivity contribution in [2.24, 2.45) is 15.3 Å². The Bertz CT molecular complexity index is 4770. The number of aromatic nitrogens is 6. The van der Waals surface area contributed by atoms with Crippen LogP contribution in [0.5, 0.6) is 5.75 Å². The lowest BCUT2D eigenvalue weighted by molar-refractivity contribution is -0.232. The quantitative estimate of drug-likeness (QED) is 0.00884. The third kappa shape index (κ3) is 22.1. The number of ether oxygens (including phenoxy) is 3. The van der Waals surface area contributed by atoms with Crippen LogP contribution in [0.25, 0.3) is 31.3 Å². The third-order valence-corrected chi connectivity index (χ3v) is 29.8. The Hall–Kier alpha value is -6.20. The van der Waals surface area contributed by atoms with E-state index >= 15 is 0 Å². The predicted octanol–water partition coefficient (Wildman–Crippen LogP) is 1.51. The number of halogens is 6. The highest BCUT2D eigenvalue weighted by atomic mass is 31.3. The molecule has 3 aliphatic heterocycles. The van der Waals surface area contributed by atoms with Gasteiger partial charge in [-0.2, -0.15) is 26.3 Å². The van der Waals surface area contributed by atoms with Crippen molar-refractivity contribution < 1.29 is 166 Å². The lowest BCUT2D eigenvalue weighted by Crippen LogP contribution is -2.33. The Morgan fingerprint density at radius 2 is 0.813 bits per heavy atom. The standard InChI is InChI=1S/C17H20F2N5O12P3.C12H18F2N5O12P3.C11H17F2N6O12P3/c1-10-8-24(16(26)21-15(10)25)14-7-12(22-23-20)13(34-14)9-33-39(32,35-11-5-3-2-4-6-11)36-38(30,31)17(18,19)37(27,28)29;1-6-4-19(11(21)16-10(6)20)9-3-7(17-18-15)8(30-9)5-29-34(27,28-2)31-33(25,26)12(13,14)32(22,23)24;1-5-3-19(10(21)15-9(5)20)8-2-6(16-17-14)7(30-8)4-29-34(28,18-22)31-33(26,27)11(12,13)32(23,24)25/h2-6,8,12-14H,7,9H2,1H3,(H,30,31)(H,21,25,26)(H2,27,28,29);4,7-9H,3,5H2,1-2H3,(H,25,26)(H,16,20,21)(H2,22,23,24);3,6-8,22H,2,4H2,1H3,(H,18,28)(H,26,27)(H,15,20,21)(H2,23,24,25)/p-6/t12-,13-,14-,39?;7-,8-,9-,34?;6-,7-,8-,34?/m111/s1. The van der Waals surface area contributed by atoms with Gasteiger partial charge in [0.1, 0.15) is 24.4 Å². The first kappa shape index (κ1) is 91.4. The Balaban J connectivity index is 0.000000289. The summed E-state index contributed by atoms with van der Waals surface area (Å²) in [6, 6.07) is 2.72. The monoisotopic (exact) mass is 1720 g/mol. The number of aromatic amines is 3. The summed E-state index contributed by atoms with van der Waals surface area (Å²) in [5.41, 5.74) is 21.9. The van der Waals surface area contributed by atoms with Crippen LogP contribution >= 0.6 is 69.0 Å². The number of nitrogens with one attached hydrogen (secondary N) is 4. The largest absolute Gasteiger partial charge is 0.774 e. The van der Waals surface area contributed by atoms with Crippen molar-refractivity contribution in [1.29, 1.82) is 0 Å². The maximum absolute atomic E-state index is 13.9. The number of para-hydroxylation sites is 1. The highest BCUT2D eigenvalue weighted by Crippen LogP contribution is 2.77. The number of aryl methyl sites for hydroxylation is 3. The number of nitrogens with zero attached hydrogens (tertiary/aromatic N) is 12. The van der Waals surface area contributed by atoms with E-state index in [1.807, 2.05) is 15.0 Å². The molecule has 0 bridgehead atoms. The average Bonchev–Trinajstić information content (AvgIpc) is 1.30. The number of hydrogen-bond acceptors (Lipinski definition) is 36. The molecular weight excluding hydrogens is 1670 g/mol. The number of azide groups is 3. The fourth-order valence-corrected chi connectivity index (χ4v) is 20.3. The van der Waals surface area contributed by atoms with Gasteiger partial charge >= 0.3 is 56.7 Å². The summed E-state index contributed by atoms with van der Waals surface area (Å²) in [4.78, 5) is 178. The first-order valence-corrected chi connectivity index (χ1v) is 41.6. The summed E-state index contributed by atoms with van der Waals surface area (Å²) >= 11 is 0. The molecule has 67 heteroatoms. The van der Waals surface area contributed by atoms with Gasteiger partial charge in [0.25, 0.3) is 16.7 Å². The molecule has 8 N–H and O–H groups in total. The number of phosphoric acid groups is 2. The fourth-order valence-electron chi connectivity index (χ4n) is 8.45. The van der Waals surface area contributed by atoms with Gasteiger partial charge in [0.2, 0.25) is 45.6 Å². The molecule has 7 rings (SSSR count). The van der Waals surface area contributed by atoms with E-state index in [2.05, 4.69) is 56.6 Å². The Kier molecular flexibility index (Phi) is 29.9. The van der Waals surface area contributed by atoms with Crippen molar-refractivity contribution in [3.05, 3.63) is 159 Å². The van der Waals surface area contributed by atoms with Crippen LogP contribution in [-0.2, 0) is 86.3 Å². The van der Waals surface area contributed by atoms with Crippen molar-refractivity contribution in [2.45, 2.75) is 111 Å². The molecular formula is C40H49F6N16O36P9-6. The molecule has 107 heavy (non-hydrogen) atoms. The molecule has 0 saturated carbocycles. The molecule has 3 saturated heterocycles. The molecule has 3 aromatic heterocycles. The lowest BCUT2D eigenvalue weighted by atomic mass is 10.1. The van der Waals surface area contributed by atoms with Gasteiger partial charge in [0.15, 0.2) is 0 Å².